The molecule has 1 aliphatic heterocycles. The van der Waals surface area contributed by atoms with Gasteiger partial charge in [0.25, 0.3) is 0 Å². The van der Waals surface area contributed by atoms with Crippen molar-refractivity contribution >= 4 is 29.7 Å². The van der Waals surface area contributed by atoms with Gasteiger partial charge < -0.3 is 42.3 Å². The lowest BCUT2D eigenvalue weighted by Gasteiger charge is -2.24. The molecule has 176 valence electrons. The highest BCUT2D eigenvalue weighted by Gasteiger charge is 2.32. The van der Waals surface area contributed by atoms with Gasteiger partial charge in [0.05, 0.1) is 19.1 Å². The van der Waals surface area contributed by atoms with E-state index in [0.717, 1.165) is 6.42 Å². The number of carbonyl (C=O) groups is 5. The topological polar surface area (TPSA) is 220 Å². The number of unbranched alkanes of at least 4 members (excludes halogenated alkanes) is 1. The molecule has 1 saturated heterocycles. The van der Waals surface area contributed by atoms with Crippen LogP contribution in [0.25, 0.3) is 0 Å². The number of hydrogen-bond donors (Lipinski definition) is 8. The van der Waals surface area contributed by atoms with Gasteiger partial charge in [0.1, 0.15) is 18.1 Å². The predicted octanol–water partition coefficient (Wildman–Crippen LogP) is -3.13. The summed E-state index contributed by atoms with van der Waals surface area (Å²) in [6.07, 6.45) is 1.68. The maximum atomic E-state index is 12.7. The Hall–Kier alpha value is -2.77. The minimum absolute atomic E-state index is 0.102. The van der Waals surface area contributed by atoms with Crippen molar-refractivity contribution in [3.8, 4) is 0 Å². The monoisotopic (exact) mass is 445 g/mol. The number of amides is 3. The van der Waals surface area contributed by atoms with Crippen LogP contribution in [-0.2, 0) is 24.0 Å². The molecular weight excluding hydrogens is 414 g/mol. The molecule has 0 bridgehead atoms. The molecule has 4 unspecified atom stereocenters. The van der Waals surface area contributed by atoms with Crippen LogP contribution in [-0.4, -0.2) is 88.8 Å². The highest BCUT2D eigenvalue weighted by atomic mass is 16.4. The molecule has 0 aliphatic carbocycles. The molecule has 4 atom stereocenters. The highest BCUT2D eigenvalue weighted by molar-refractivity contribution is 5.95. The second-order valence-electron chi connectivity index (χ2n) is 7.24. The first-order chi connectivity index (χ1) is 14.7. The minimum Gasteiger partial charge on any atom is -0.481 e. The van der Waals surface area contributed by atoms with E-state index < -0.39 is 66.9 Å². The molecule has 0 spiro atoms. The molecule has 1 rings (SSSR count). The van der Waals surface area contributed by atoms with Gasteiger partial charge in [-0.3, -0.25) is 19.2 Å². The fourth-order valence-electron chi connectivity index (χ4n) is 3.06. The van der Waals surface area contributed by atoms with E-state index in [1.54, 1.807) is 0 Å². The molecule has 31 heavy (non-hydrogen) atoms. The zero-order valence-electron chi connectivity index (χ0n) is 17.1. The smallest absolute Gasteiger partial charge is 0.328 e. The van der Waals surface area contributed by atoms with E-state index in [2.05, 4.69) is 21.3 Å². The Balaban J connectivity index is 2.88. The number of aliphatic hydroxyl groups is 1. The predicted molar refractivity (Wildman–Crippen MR) is 107 cm³/mol. The Kier molecular flexibility index (Phi) is 11.5. The third-order valence-electron chi connectivity index (χ3n) is 4.77. The first kappa shape index (κ1) is 26.3. The third-order valence-corrected chi connectivity index (χ3v) is 4.77. The van der Waals surface area contributed by atoms with Crippen LogP contribution >= 0.6 is 0 Å². The number of aliphatic carboxylic acids is 2. The average Bonchev–Trinajstić information content (AvgIpc) is 3.25. The Morgan fingerprint density at radius 3 is 2.13 bits per heavy atom. The van der Waals surface area contributed by atoms with E-state index in [4.69, 9.17) is 21.1 Å². The second-order valence-corrected chi connectivity index (χ2v) is 7.24. The lowest BCUT2D eigenvalue weighted by atomic mass is 10.1. The standard InChI is InChI=1S/C18H31N5O8/c19-6-2-1-4-11(16(28)23-13(9-24)18(30)31)21-17(29)12(8-14(25)26)22-15(27)10-5-3-7-20-10/h10-13,20,24H,1-9,19H2,(H,21,29)(H,22,27)(H,23,28)(H,25,26)(H,30,31). The summed E-state index contributed by atoms with van der Waals surface area (Å²) < 4.78 is 0. The highest BCUT2D eigenvalue weighted by Crippen LogP contribution is 2.07. The van der Waals surface area contributed by atoms with Gasteiger partial charge in [-0.25, -0.2) is 4.79 Å². The summed E-state index contributed by atoms with van der Waals surface area (Å²) in [4.78, 5) is 59.7. The van der Waals surface area contributed by atoms with Gasteiger partial charge in [-0.1, -0.05) is 0 Å². The number of nitrogens with two attached hydrogens (primary N) is 1. The summed E-state index contributed by atoms with van der Waals surface area (Å²) in [5, 5.41) is 37.0. The van der Waals surface area contributed by atoms with E-state index in [0.29, 0.717) is 32.4 Å². The summed E-state index contributed by atoms with van der Waals surface area (Å²) in [6.45, 7) is 0.117. The maximum Gasteiger partial charge on any atom is 0.328 e. The van der Waals surface area contributed by atoms with Crippen LogP contribution in [0.2, 0.25) is 0 Å². The van der Waals surface area contributed by atoms with Crippen LogP contribution in [0.3, 0.4) is 0 Å². The first-order valence-corrected chi connectivity index (χ1v) is 10.1. The van der Waals surface area contributed by atoms with Crippen molar-refractivity contribution in [1.29, 1.82) is 0 Å². The molecule has 0 aromatic heterocycles. The van der Waals surface area contributed by atoms with Crippen LogP contribution in [0.5, 0.6) is 0 Å². The largest absolute Gasteiger partial charge is 0.481 e. The molecule has 9 N–H and O–H groups in total. The van der Waals surface area contributed by atoms with E-state index in [1.165, 1.54) is 0 Å². The van der Waals surface area contributed by atoms with Gasteiger partial charge in [0, 0.05) is 0 Å². The molecule has 13 heteroatoms. The number of carbonyl (C=O) groups excluding carboxylic acids is 3. The number of carboxylic acids is 2. The van der Waals surface area contributed by atoms with Crippen LogP contribution in [0.15, 0.2) is 0 Å². The van der Waals surface area contributed by atoms with Crippen LogP contribution in [0.1, 0.15) is 38.5 Å². The third kappa shape index (κ3) is 9.27. The summed E-state index contributed by atoms with van der Waals surface area (Å²) in [5.41, 5.74) is 5.43. The van der Waals surface area contributed by atoms with Crippen molar-refractivity contribution in [2.75, 3.05) is 19.7 Å². The minimum atomic E-state index is -1.57. The van der Waals surface area contributed by atoms with Crippen LogP contribution in [0, 0.1) is 0 Å². The van der Waals surface area contributed by atoms with Crippen molar-refractivity contribution < 1.29 is 39.3 Å². The molecule has 1 heterocycles. The molecule has 0 aromatic carbocycles. The number of carboxylic acid groups (broad SMARTS) is 2. The molecule has 3 amide bonds. The van der Waals surface area contributed by atoms with Crippen molar-refractivity contribution in [2.45, 2.75) is 62.7 Å². The lowest BCUT2D eigenvalue weighted by Crippen LogP contribution is -2.57. The van der Waals surface area contributed by atoms with Gasteiger partial charge in [0.2, 0.25) is 17.7 Å². The fraction of sp³-hybridized carbons (Fsp3) is 0.722. The quantitative estimate of drug-likeness (QED) is 0.126. The molecule has 1 aliphatic rings. The van der Waals surface area contributed by atoms with Crippen molar-refractivity contribution in [1.82, 2.24) is 21.3 Å². The van der Waals surface area contributed by atoms with Crippen molar-refractivity contribution in [3.63, 3.8) is 0 Å². The normalized spacial score (nSPS) is 18.5. The van der Waals surface area contributed by atoms with E-state index in [-0.39, 0.29) is 6.42 Å². The SMILES string of the molecule is NCCCCC(NC(=O)C(CC(=O)O)NC(=O)C1CCCN1)C(=O)NC(CO)C(=O)O. The molecule has 1 fully saturated rings. The van der Waals surface area contributed by atoms with E-state index in [1.807, 2.05) is 0 Å². The number of aliphatic hydroxyl groups excluding tert-OH is 1. The number of rotatable bonds is 14. The van der Waals surface area contributed by atoms with E-state index >= 15 is 0 Å². The zero-order chi connectivity index (χ0) is 23.4. The summed E-state index contributed by atoms with van der Waals surface area (Å²) >= 11 is 0. The van der Waals surface area contributed by atoms with Gasteiger partial charge in [-0.15, -0.1) is 0 Å². The van der Waals surface area contributed by atoms with Gasteiger partial charge >= 0.3 is 11.9 Å². The van der Waals surface area contributed by atoms with Crippen molar-refractivity contribution in [2.24, 2.45) is 5.73 Å². The average molecular weight is 445 g/mol. The van der Waals surface area contributed by atoms with Gasteiger partial charge in [-0.2, -0.15) is 0 Å². The second kappa shape index (κ2) is 13.5. The van der Waals surface area contributed by atoms with E-state index in [9.17, 15) is 24.0 Å². The van der Waals surface area contributed by atoms with Crippen molar-refractivity contribution in [3.05, 3.63) is 0 Å². The van der Waals surface area contributed by atoms with Crippen LogP contribution < -0.4 is 27.0 Å². The number of nitrogens with one attached hydrogen (secondary N) is 4. The van der Waals surface area contributed by atoms with Crippen LogP contribution in [0.4, 0.5) is 0 Å². The molecule has 13 nitrogen and oxygen atoms in total. The Labute approximate surface area is 179 Å². The molecule has 0 saturated carbocycles. The first-order valence-electron chi connectivity index (χ1n) is 10.1. The lowest BCUT2D eigenvalue weighted by molar-refractivity contribution is -0.144. The Morgan fingerprint density at radius 1 is 0.968 bits per heavy atom. The zero-order valence-corrected chi connectivity index (χ0v) is 17.1. The summed E-state index contributed by atoms with van der Waals surface area (Å²) in [5.74, 6) is -5.05. The summed E-state index contributed by atoms with van der Waals surface area (Å²) in [6, 6.07) is -4.73. The molecule has 0 aromatic rings. The molecule has 0 radical (unpaired) electrons. The summed E-state index contributed by atoms with van der Waals surface area (Å²) in [7, 11) is 0. The molecular formula is C18H31N5O8. The van der Waals surface area contributed by atoms with Gasteiger partial charge in [0.15, 0.2) is 0 Å². The maximum absolute atomic E-state index is 12.7. The Bertz CT molecular complexity index is 653. The number of hydrogen-bond acceptors (Lipinski definition) is 8. The fourth-order valence-corrected chi connectivity index (χ4v) is 3.06. The van der Waals surface area contributed by atoms with Gasteiger partial charge in [-0.05, 0) is 45.2 Å². The Morgan fingerprint density at radius 2 is 1.61 bits per heavy atom.